The summed E-state index contributed by atoms with van der Waals surface area (Å²) < 4.78 is 1.15. The molecule has 0 aliphatic heterocycles. The Kier molecular flexibility index (Phi) is 2.69. The molecular weight excluding hydrogens is 278 g/mol. The Morgan fingerprint density at radius 1 is 1.05 bits per heavy atom. The van der Waals surface area contributed by atoms with Crippen LogP contribution in [0.4, 0.5) is 0 Å². The van der Waals surface area contributed by atoms with Crippen LogP contribution in [0.25, 0.3) is 21.0 Å². The van der Waals surface area contributed by atoms with Crippen molar-refractivity contribution in [3.05, 3.63) is 70.7 Å². The van der Waals surface area contributed by atoms with Crippen molar-refractivity contribution in [3.63, 3.8) is 0 Å². The number of rotatable bonds is 2. The van der Waals surface area contributed by atoms with E-state index >= 15 is 0 Å². The van der Waals surface area contributed by atoms with Gasteiger partial charge in [-0.1, -0.05) is 30.3 Å². The van der Waals surface area contributed by atoms with Gasteiger partial charge in [-0.15, -0.1) is 11.3 Å². The zero-order valence-corrected chi connectivity index (χ0v) is 12.3. The smallest absolute Gasteiger partial charge is 0.196 e. The molecule has 0 amide bonds. The van der Waals surface area contributed by atoms with E-state index in [-0.39, 0.29) is 5.78 Å². The molecule has 0 spiro atoms. The van der Waals surface area contributed by atoms with Crippen molar-refractivity contribution in [1.29, 1.82) is 0 Å². The molecule has 4 aromatic rings. The SMILES string of the molecule is Cc1ccc2c(C(=O)c3csc4ccccc34)c[nH]c2c1. The number of carbonyl (C=O) groups is 1. The van der Waals surface area contributed by atoms with E-state index in [2.05, 4.69) is 17.1 Å². The molecule has 3 heteroatoms. The van der Waals surface area contributed by atoms with Gasteiger partial charge in [0.1, 0.15) is 0 Å². The second-order valence-corrected chi connectivity index (χ2v) is 6.14. The van der Waals surface area contributed by atoms with Crippen molar-refractivity contribution < 1.29 is 4.79 Å². The quantitative estimate of drug-likeness (QED) is 0.522. The lowest BCUT2D eigenvalue weighted by Gasteiger charge is -1.99. The Hall–Kier alpha value is -2.39. The summed E-state index contributed by atoms with van der Waals surface area (Å²) in [7, 11) is 0. The number of H-pyrrole nitrogens is 1. The maximum atomic E-state index is 12.9. The lowest BCUT2D eigenvalue weighted by molar-refractivity contribution is 0.104. The molecule has 0 radical (unpaired) electrons. The van der Waals surface area contributed by atoms with Crippen LogP contribution in [0.1, 0.15) is 21.5 Å². The van der Waals surface area contributed by atoms with Gasteiger partial charge in [0.15, 0.2) is 5.78 Å². The van der Waals surface area contributed by atoms with Crippen LogP contribution in [0.5, 0.6) is 0 Å². The number of aromatic amines is 1. The Labute approximate surface area is 126 Å². The summed E-state index contributed by atoms with van der Waals surface area (Å²) >= 11 is 1.62. The molecular formula is C18H13NOS. The number of nitrogens with one attached hydrogen (secondary N) is 1. The lowest BCUT2D eigenvalue weighted by Crippen LogP contribution is -1.98. The number of thiophene rings is 1. The predicted octanol–water partition coefficient (Wildman–Crippen LogP) is 4.92. The fourth-order valence-corrected chi connectivity index (χ4v) is 3.67. The average molecular weight is 291 g/mol. The highest BCUT2D eigenvalue weighted by Crippen LogP contribution is 2.29. The number of aryl methyl sites for hydroxylation is 1. The molecule has 0 saturated carbocycles. The molecule has 2 heterocycles. The number of aromatic nitrogens is 1. The summed E-state index contributed by atoms with van der Waals surface area (Å²) in [4.78, 5) is 16.1. The second kappa shape index (κ2) is 4.57. The summed E-state index contributed by atoms with van der Waals surface area (Å²) in [6, 6.07) is 14.2. The van der Waals surface area contributed by atoms with Crippen LogP contribution in [-0.2, 0) is 0 Å². The third-order valence-corrected chi connectivity index (χ3v) is 4.77. The first kappa shape index (κ1) is 12.4. The van der Waals surface area contributed by atoms with Crippen LogP contribution in [0.3, 0.4) is 0 Å². The van der Waals surface area contributed by atoms with Gasteiger partial charge in [-0.05, 0) is 24.6 Å². The highest BCUT2D eigenvalue weighted by molar-refractivity contribution is 7.17. The fraction of sp³-hybridized carbons (Fsp3) is 0.0556. The Balaban J connectivity index is 1.90. The van der Waals surface area contributed by atoms with Gasteiger partial charge < -0.3 is 4.98 Å². The third-order valence-electron chi connectivity index (χ3n) is 3.81. The molecule has 0 unspecified atom stereocenters. The molecule has 0 aliphatic carbocycles. The van der Waals surface area contributed by atoms with Gasteiger partial charge in [0, 0.05) is 43.7 Å². The summed E-state index contributed by atoms with van der Waals surface area (Å²) in [5.41, 5.74) is 3.73. The maximum Gasteiger partial charge on any atom is 0.196 e. The molecule has 2 aromatic carbocycles. The van der Waals surface area contributed by atoms with Crippen LogP contribution in [0.15, 0.2) is 54.0 Å². The van der Waals surface area contributed by atoms with Crippen molar-refractivity contribution in [1.82, 2.24) is 4.98 Å². The molecule has 0 atom stereocenters. The number of hydrogen-bond donors (Lipinski definition) is 1. The van der Waals surface area contributed by atoms with Crippen LogP contribution in [0, 0.1) is 6.92 Å². The van der Waals surface area contributed by atoms with Crippen LogP contribution < -0.4 is 0 Å². The van der Waals surface area contributed by atoms with E-state index in [1.165, 1.54) is 5.56 Å². The number of ketones is 1. The van der Waals surface area contributed by atoms with Crippen LogP contribution >= 0.6 is 11.3 Å². The van der Waals surface area contributed by atoms with Crippen LogP contribution in [0.2, 0.25) is 0 Å². The van der Waals surface area contributed by atoms with E-state index in [4.69, 9.17) is 0 Å². The maximum absolute atomic E-state index is 12.9. The zero-order valence-electron chi connectivity index (χ0n) is 11.5. The molecule has 21 heavy (non-hydrogen) atoms. The van der Waals surface area contributed by atoms with Gasteiger partial charge in [-0.2, -0.15) is 0 Å². The summed E-state index contributed by atoms with van der Waals surface area (Å²) in [6.07, 6.45) is 1.82. The van der Waals surface area contributed by atoms with Crippen LogP contribution in [-0.4, -0.2) is 10.8 Å². The molecule has 0 aliphatic rings. The van der Waals surface area contributed by atoms with Gasteiger partial charge >= 0.3 is 0 Å². The monoisotopic (exact) mass is 291 g/mol. The van der Waals surface area contributed by atoms with E-state index in [0.717, 1.165) is 32.1 Å². The normalized spacial score (nSPS) is 11.3. The highest BCUT2D eigenvalue weighted by atomic mass is 32.1. The minimum Gasteiger partial charge on any atom is -0.360 e. The summed E-state index contributed by atoms with van der Waals surface area (Å²) in [6.45, 7) is 2.05. The molecule has 2 aromatic heterocycles. The minimum absolute atomic E-state index is 0.0857. The van der Waals surface area contributed by atoms with E-state index in [0.29, 0.717) is 0 Å². The number of hydrogen-bond acceptors (Lipinski definition) is 2. The number of carbonyl (C=O) groups excluding carboxylic acids is 1. The topological polar surface area (TPSA) is 32.9 Å². The first-order valence-electron chi connectivity index (χ1n) is 6.83. The summed E-state index contributed by atoms with van der Waals surface area (Å²) in [5, 5.41) is 3.98. The Morgan fingerprint density at radius 3 is 2.81 bits per heavy atom. The number of benzene rings is 2. The van der Waals surface area contributed by atoms with Gasteiger partial charge in [-0.3, -0.25) is 4.79 Å². The molecule has 0 saturated heterocycles. The molecule has 102 valence electrons. The highest BCUT2D eigenvalue weighted by Gasteiger charge is 2.17. The standard InChI is InChI=1S/C18H13NOS/c1-11-6-7-12-14(9-19-16(12)8-11)18(20)15-10-21-17-5-3-2-4-13(15)17/h2-10,19H,1H3. The Bertz CT molecular complexity index is 977. The van der Waals surface area contributed by atoms with Crippen molar-refractivity contribution in [2.75, 3.05) is 0 Å². The first-order chi connectivity index (χ1) is 10.2. The van der Waals surface area contributed by atoms with Crippen molar-refractivity contribution in [2.24, 2.45) is 0 Å². The van der Waals surface area contributed by atoms with E-state index in [1.807, 2.05) is 48.8 Å². The van der Waals surface area contributed by atoms with E-state index < -0.39 is 0 Å². The Morgan fingerprint density at radius 2 is 1.90 bits per heavy atom. The largest absolute Gasteiger partial charge is 0.360 e. The first-order valence-corrected chi connectivity index (χ1v) is 7.71. The molecule has 2 nitrogen and oxygen atoms in total. The average Bonchev–Trinajstić information content (AvgIpc) is 3.10. The van der Waals surface area contributed by atoms with E-state index in [9.17, 15) is 4.79 Å². The summed E-state index contributed by atoms with van der Waals surface area (Å²) in [5.74, 6) is 0.0857. The lowest BCUT2D eigenvalue weighted by atomic mass is 10.0. The van der Waals surface area contributed by atoms with Crippen molar-refractivity contribution in [2.45, 2.75) is 6.92 Å². The van der Waals surface area contributed by atoms with E-state index in [1.54, 1.807) is 11.3 Å². The molecule has 0 bridgehead atoms. The molecule has 0 fully saturated rings. The predicted molar refractivity (Wildman–Crippen MR) is 88.3 cm³/mol. The fourth-order valence-electron chi connectivity index (χ4n) is 2.73. The van der Waals surface area contributed by atoms with Gasteiger partial charge in [0.2, 0.25) is 0 Å². The second-order valence-electron chi connectivity index (χ2n) is 5.23. The number of fused-ring (bicyclic) bond motifs is 2. The van der Waals surface area contributed by atoms with Crippen molar-refractivity contribution >= 4 is 38.1 Å². The third kappa shape index (κ3) is 1.89. The van der Waals surface area contributed by atoms with Gasteiger partial charge in [0.05, 0.1) is 0 Å². The molecule has 4 rings (SSSR count). The zero-order chi connectivity index (χ0) is 14.4. The van der Waals surface area contributed by atoms with Gasteiger partial charge in [0.25, 0.3) is 0 Å². The van der Waals surface area contributed by atoms with Gasteiger partial charge in [-0.25, -0.2) is 0 Å². The minimum atomic E-state index is 0.0857. The molecule has 1 N–H and O–H groups in total. The van der Waals surface area contributed by atoms with Crippen molar-refractivity contribution in [3.8, 4) is 0 Å².